The Hall–Kier alpha value is -2.70. The van der Waals surface area contributed by atoms with E-state index in [4.69, 9.17) is 0 Å². The van der Waals surface area contributed by atoms with Crippen LogP contribution < -0.4 is 5.32 Å². The molecular formula is C25H33N5O2. The molecule has 32 heavy (non-hydrogen) atoms. The molecule has 2 aliphatic carbocycles. The van der Waals surface area contributed by atoms with Gasteiger partial charge in [0.2, 0.25) is 5.91 Å². The average Bonchev–Trinajstić information content (AvgIpc) is 3.62. The number of aromatic nitrogens is 3. The van der Waals surface area contributed by atoms with E-state index in [1.807, 2.05) is 18.2 Å². The molecule has 2 saturated carbocycles. The van der Waals surface area contributed by atoms with Gasteiger partial charge in [-0.1, -0.05) is 61.2 Å². The lowest BCUT2D eigenvalue weighted by molar-refractivity contribution is -0.138. The average molecular weight is 436 g/mol. The number of benzene rings is 1. The second-order valence-electron chi connectivity index (χ2n) is 9.73. The van der Waals surface area contributed by atoms with E-state index in [1.165, 1.54) is 12.8 Å². The number of likely N-dealkylation sites (tertiary alicyclic amines) is 1. The topological polar surface area (TPSA) is 80.1 Å². The molecule has 2 aromatic rings. The lowest BCUT2D eigenvalue weighted by Crippen LogP contribution is -2.48. The summed E-state index contributed by atoms with van der Waals surface area (Å²) < 4.78 is 1.74. The van der Waals surface area contributed by atoms with Gasteiger partial charge in [0.15, 0.2) is 5.69 Å². The van der Waals surface area contributed by atoms with Crippen molar-refractivity contribution in [3.8, 4) is 0 Å². The number of nitrogens with zero attached hydrogens (tertiary/aromatic N) is 4. The predicted molar refractivity (Wildman–Crippen MR) is 121 cm³/mol. The number of hydrogen-bond acceptors (Lipinski definition) is 4. The maximum absolute atomic E-state index is 13.9. The highest BCUT2D eigenvalue weighted by Crippen LogP contribution is 2.43. The Bertz CT molecular complexity index is 944. The van der Waals surface area contributed by atoms with Crippen LogP contribution in [0.2, 0.25) is 0 Å². The molecule has 1 aliphatic heterocycles. The van der Waals surface area contributed by atoms with Crippen molar-refractivity contribution in [1.29, 1.82) is 0 Å². The van der Waals surface area contributed by atoms with Crippen LogP contribution in [0.4, 0.5) is 0 Å². The molecule has 1 aromatic heterocycles. The molecule has 2 heterocycles. The number of amides is 2. The van der Waals surface area contributed by atoms with Crippen molar-refractivity contribution in [3.05, 3.63) is 47.8 Å². The van der Waals surface area contributed by atoms with Crippen molar-refractivity contribution in [3.63, 3.8) is 0 Å². The maximum Gasteiger partial charge on any atom is 0.273 e. The Morgan fingerprint density at radius 1 is 1.00 bits per heavy atom. The minimum atomic E-state index is -0.390. The third-order valence-corrected chi connectivity index (χ3v) is 7.69. The van der Waals surface area contributed by atoms with Crippen LogP contribution >= 0.6 is 0 Å². The molecule has 0 spiro atoms. The van der Waals surface area contributed by atoms with Crippen molar-refractivity contribution in [2.24, 2.45) is 0 Å². The predicted octanol–water partition coefficient (Wildman–Crippen LogP) is 3.45. The van der Waals surface area contributed by atoms with Crippen molar-refractivity contribution in [2.75, 3.05) is 6.54 Å². The van der Waals surface area contributed by atoms with E-state index in [2.05, 4.69) is 32.7 Å². The summed E-state index contributed by atoms with van der Waals surface area (Å²) in [5.74, 6) is 0.125. The second-order valence-corrected chi connectivity index (χ2v) is 9.73. The van der Waals surface area contributed by atoms with Gasteiger partial charge in [0.05, 0.1) is 24.2 Å². The van der Waals surface area contributed by atoms with E-state index in [0.717, 1.165) is 63.5 Å². The van der Waals surface area contributed by atoms with Crippen LogP contribution in [0.15, 0.2) is 36.5 Å². The van der Waals surface area contributed by atoms with E-state index >= 15 is 0 Å². The summed E-state index contributed by atoms with van der Waals surface area (Å²) in [5.41, 5.74) is 1.13. The van der Waals surface area contributed by atoms with E-state index in [0.29, 0.717) is 12.2 Å². The first-order valence-electron chi connectivity index (χ1n) is 12.2. The van der Waals surface area contributed by atoms with E-state index in [-0.39, 0.29) is 23.9 Å². The highest BCUT2D eigenvalue weighted by Gasteiger charge is 2.47. The lowest BCUT2D eigenvalue weighted by atomic mass is 9.77. The zero-order chi connectivity index (χ0) is 22.0. The lowest BCUT2D eigenvalue weighted by Gasteiger charge is -2.36. The monoisotopic (exact) mass is 435 g/mol. The van der Waals surface area contributed by atoms with Crippen molar-refractivity contribution in [2.45, 2.75) is 88.3 Å². The number of hydrogen-bond donors (Lipinski definition) is 1. The Morgan fingerprint density at radius 3 is 2.50 bits per heavy atom. The maximum atomic E-state index is 13.9. The number of rotatable bonds is 6. The summed E-state index contributed by atoms with van der Waals surface area (Å²) in [6.07, 6.45) is 12.2. The van der Waals surface area contributed by atoms with Gasteiger partial charge in [0.25, 0.3) is 5.91 Å². The first kappa shape index (κ1) is 21.2. The highest BCUT2D eigenvalue weighted by molar-refractivity contribution is 5.92. The van der Waals surface area contributed by atoms with Gasteiger partial charge < -0.3 is 10.2 Å². The molecule has 7 nitrogen and oxygen atoms in total. The molecule has 1 aromatic carbocycles. The number of carbonyl (C=O) groups is 2. The Morgan fingerprint density at radius 2 is 1.75 bits per heavy atom. The number of carbonyl (C=O) groups excluding carboxylic acids is 2. The van der Waals surface area contributed by atoms with E-state index in [1.54, 1.807) is 10.9 Å². The van der Waals surface area contributed by atoms with Crippen LogP contribution in [0.3, 0.4) is 0 Å². The summed E-state index contributed by atoms with van der Waals surface area (Å²) in [7, 11) is 0. The van der Waals surface area contributed by atoms with Gasteiger partial charge in [-0.15, -0.1) is 5.10 Å². The SMILES string of the molecule is O=C(NC1CCCC1)c1cn(C[C@@H]2CCCN2C(=O)C2(c3ccccc3)CCCC2)nn1. The van der Waals surface area contributed by atoms with Crippen LogP contribution in [0.1, 0.15) is 80.3 Å². The smallest absolute Gasteiger partial charge is 0.273 e. The third-order valence-electron chi connectivity index (χ3n) is 7.69. The highest BCUT2D eigenvalue weighted by atomic mass is 16.2. The summed E-state index contributed by atoms with van der Waals surface area (Å²) in [5, 5.41) is 11.4. The van der Waals surface area contributed by atoms with Gasteiger partial charge in [-0.25, -0.2) is 4.68 Å². The third kappa shape index (κ3) is 4.05. The normalized spacial score (nSPS) is 23.0. The Labute approximate surface area is 189 Å². The summed E-state index contributed by atoms with van der Waals surface area (Å²) in [6, 6.07) is 10.7. The molecule has 7 heteroatoms. The molecule has 0 bridgehead atoms. The van der Waals surface area contributed by atoms with Gasteiger partial charge in [0, 0.05) is 12.6 Å². The number of nitrogens with one attached hydrogen (secondary N) is 1. The van der Waals surface area contributed by atoms with Gasteiger partial charge in [-0.3, -0.25) is 9.59 Å². The van der Waals surface area contributed by atoms with Crippen LogP contribution in [-0.2, 0) is 16.8 Å². The standard InChI is InChI=1S/C25H33N5O2/c31-23(26-20-11-4-5-12-20)22-18-29(28-27-22)17-21-13-8-16-30(21)24(32)25(14-6-7-15-25)19-9-2-1-3-10-19/h1-3,9-10,18,20-21H,4-8,11-17H2,(H,26,31)/t21-/m0/s1. The molecule has 3 aliphatic rings. The van der Waals surface area contributed by atoms with Gasteiger partial charge in [-0.2, -0.15) is 0 Å². The van der Waals surface area contributed by atoms with Gasteiger partial charge in [0.1, 0.15) is 0 Å². The summed E-state index contributed by atoms with van der Waals surface area (Å²) >= 11 is 0. The molecule has 1 N–H and O–H groups in total. The molecule has 3 fully saturated rings. The molecular weight excluding hydrogens is 402 g/mol. The van der Waals surface area contributed by atoms with Crippen molar-refractivity contribution >= 4 is 11.8 Å². The van der Waals surface area contributed by atoms with Crippen LogP contribution in [0, 0.1) is 0 Å². The van der Waals surface area contributed by atoms with Crippen LogP contribution in [-0.4, -0.2) is 50.3 Å². The van der Waals surface area contributed by atoms with Crippen molar-refractivity contribution < 1.29 is 9.59 Å². The van der Waals surface area contributed by atoms with Crippen LogP contribution in [0.25, 0.3) is 0 Å². The summed E-state index contributed by atoms with van der Waals surface area (Å²) in [4.78, 5) is 28.5. The van der Waals surface area contributed by atoms with Crippen molar-refractivity contribution in [1.82, 2.24) is 25.2 Å². The molecule has 170 valence electrons. The fourth-order valence-corrected chi connectivity index (χ4v) is 5.97. The fourth-order valence-electron chi connectivity index (χ4n) is 5.97. The largest absolute Gasteiger partial charge is 0.348 e. The fraction of sp³-hybridized carbons (Fsp3) is 0.600. The molecule has 5 rings (SSSR count). The first-order chi connectivity index (χ1) is 15.7. The summed E-state index contributed by atoms with van der Waals surface area (Å²) in [6.45, 7) is 1.38. The Balaban J connectivity index is 1.28. The minimum Gasteiger partial charge on any atom is -0.348 e. The van der Waals surface area contributed by atoms with Gasteiger partial charge in [-0.05, 0) is 44.1 Å². The van der Waals surface area contributed by atoms with Gasteiger partial charge >= 0.3 is 0 Å². The molecule has 1 saturated heterocycles. The zero-order valence-electron chi connectivity index (χ0n) is 18.7. The molecule has 0 unspecified atom stereocenters. The van der Waals surface area contributed by atoms with Crippen LogP contribution in [0.5, 0.6) is 0 Å². The van der Waals surface area contributed by atoms with E-state index in [9.17, 15) is 9.59 Å². The minimum absolute atomic E-state index is 0.0936. The quantitative estimate of drug-likeness (QED) is 0.754. The zero-order valence-corrected chi connectivity index (χ0v) is 18.7. The molecule has 1 atom stereocenters. The molecule has 0 radical (unpaired) electrons. The van der Waals surface area contributed by atoms with E-state index < -0.39 is 5.41 Å². The Kier molecular flexibility index (Phi) is 5.98. The second kappa shape index (κ2) is 9.04. The first-order valence-corrected chi connectivity index (χ1v) is 12.2. The molecule has 2 amide bonds.